The van der Waals surface area contributed by atoms with Crippen molar-refractivity contribution < 1.29 is 17.9 Å². The van der Waals surface area contributed by atoms with Crippen molar-refractivity contribution in [2.45, 2.75) is 24.4 Å². The highest BCUT2D eigenvalue weighted by Gasteiger charge is 2.26. The first-order valence-electron chi connectivity index (χ1n) is 9.63. The maximum Gasteiger partial charge on any atom is 0.240 e. The van der Waals surface area contributed by atoms with E-state index >= 15 is 0 Å². The number of anilines is 1. The van der Waals surface area contributed by atoms with Crippen LogP contribution >= 0.6 is 11.6 Å². The van der Waals surface area contributed by atoms with Gasteiger partial charge in [0.05, 0.1) is 30.3 Å². The zero-order valence-electron chi connectivity index (χ0n) is 16.3. The molecular weight excluding hydrogens is 430 g/mol. The van der Waals surface area contributed by atoms with Gasteiger partial charge >= 0.3 is 0 Å². The first-order valence-corrected chi connectivity index (χ1v) is 11.5. The summed E-state index contributed by atoms with van der Waals surface area (Å²) >= 11 is 5.85. The number of sulfonamides is 1. The fourth-order valence-corrected chi connectivity index (χ4v) is 4.74. The minimum atomic E-state index is -3.72. The highest BCUT2D eigenvalue weighted by Crippen LogP contribution is 2.23. The molecule has 160 valence electrons. The van der Waals surface area contributed by atoms with Gasteiger partial charge in [0.1, 0.15) is 0 Å². The quantitative estimate of drug-likeness (QED) is 0.703. The number of nitrogens with one attached hydrogen (secondary N) is 1. The average Bonchev–Trinajstić information content (AvgIpc) is 3.18. The van der Waals surface area contributed by atoms with Crippen LogP contribution in [-0.4, -0.2) is 62.0 Å². The van der Waals surface area contributed by atoms with Gasteiger partial charge in [-0.05, 0) is 18.2 Å². The van der Waals surface area contributed by atoms with E-state index in [2.05, 4.69) is 19.6 Å². The highest BCUT2D eigenvalue weighted by atomic mass is 35.5. The Morgan fingerprint density at radius 3 is 2.80 bits per heavy atom. The Bertz CT molecular complexity index is 1040. The van der Waals surface area contributed by atoms with Crippen molar-refractivity contribution >= 4 is 33.5 Å². The molecule has 0 spiro atoms. The maximum absolute atomic E-state index is 12.6. The Hall–Kier alpha value is -2.27. The van der Waals surface area contributed by atoms with Crippen molar-refractivity contribution in [3.63, 3.8) is 0 Å². The van der Waals surface area contributed by atoms with E-state index in [1.54, 1.807) is 23.2 Å². The van der Waals surface area contributed by atoms with Gasteiger partial charge in [-0.3, -0.25) is 4.79 Å². The van der Waals surface area contributed by atoms with Gasteiger partial charge in [-0.1, -0.05) is 17.7 Å². The van der Waals surface area contributed by atoms with Crippen LogP contribution in [0.4, 0.5) is 5.95 Å². The predicted octanol–water partition coefficient (Wildman–Crippen LogP) is 1.18. The summed E-state index contributed by atoms with van der Waals surface area (Å²) in [5.41, 5.74) is 1.75. The third kappa shape index (κ3) is 4.72. The van der Waals surface area contributed by atoms with Crippen LogP contribution in [0, 0.1) is 0 Å². The molecule has 1 N–H and O–H groups in total. The van der Waals surface area contributed by atoms with Crippen molar-refractivity contribution in [3.05, 3.63) is 46.7 Å². The molecule has 0 bridgehead atoms. The lowest BCUT2D eigenvalue weighted by Crippen LogP contribution is -2.37. The minimum absolute atomic E-state index is 0.00519. The van der Waals surface area contributed by atoms with E-state index in [1.807, 2.05) is 0 Å². The number of fused-ring (bicyclic) bond motifs is 1. The number of morpholine rings is 1. The summed E-state index contributed by atoms with van der Waals surface area (Å²) in [6, 6.07) is 5.99. The summed E-state index contributed by atoms with van der Waals surface area (Å²) in [6.45, 7) is 3.62. The molecule has 30 heavy (non-hydrogen) atoms. The van der Waals surface area contributed by atoms with E-state index in [9.17, 15) is 13.2 Å². The number of nitrogens with zero attached hydrogens (tertiary/aromatic N) is 4. The number of hydrogen-bond donors (Lipinski definition) is 1. The van der Waals surface area contributed by atoms with Crippen LogP contribution in [0.3, 0.4) is 0 Å². The molecule has 1 fully saturated rings. The molecule has 11 heteroatoms. The smallest absolute Gasteiger partial charge is 0.240 e. The number of rotatable bonds is 6. The Balaban J connectivity index is 1.32. The number of amides is 1. The van der Waals surface area contributed by atoms with Gasteiger partial charge < -0.3 is 14.5 Å². The largest absolute Gasteiger partial charge is 0.378 e. The minimum Gasteiger partial charge on any atom is -0.378 e. The second-order valence-corrected chi connectivity index (χ2v) is 9.30. The third-order valence-electron chi connectivity index (χ3n) is 5.03. The summed E-state index contributed by atoms with van der Waals surface area (Å²) in [5, 5.41) is 0.335. The number of ether oxygens (including phenoxy) is 1. The van der Waals surface area contributed by atoms with Crippen LogP contribution in [0.25, 0.3) is 0 Å². The summed E-state index contributed by atoms with van der Waals surface area (Å²) < 4.78 is 32.5. The average molecular weight is 452 g/mol. The molecule has 1 amide bonds. The summed E-state index contributed by atoms with van der Waals surface area (Å²) in [4.78, 5) is 25.4. The third-order valence-corrected chi connectivity index (χ3v) is 6.72. The molecule has 3 heterocycles. The lowest BCUT2D eigenvalue weighted by atomic mass is 10.3. The normalized spacial score (nSPS) is 16.6. The topological polar surface area (TPSA) is 105 Å². The van der Waals surface area contributed by atoms with Crippen molar-refractivity contribution in [3.8, 4) is 0 Å². The fraction of sp³-hybridized carbons (Fsp3) is 0.421. The van der Waals surface area contributed by atoms with Gasteiger partial charge in [0.15, 0.2) is 0 Å². The van der Waals surface area contributed by atoms with E-state index in [-0.39, 0.29) is 23.8 Å². The summed E-state index contributed by atoms with van der Waals surface area (Å²) in [6.07, 6.45) is 1.82. The van der Waals surface area contributed by atoms with E-state index in [4.69, 9.17) is 16.3 Å². The van der Waals surface area contributed by atoms with Crippen LogP contribution in [-0.2, 0) is 32.6 Å². The molecule has 9 nitrogen and oxygen atoms in total. The first kappa shape index (κ1) is 21.0. The van der Waals surface area contributed by atoms with Crippen LogP contribution < -0.4 is 9.62 Å². The van der Waals surface area contributed by atoms with Crippen molar-refractivity contribution in [1.29, 1.82) is 0 Å². The zero-order chi connectivity index (χ0) is 21.1. The molecule has 0 unspecified atom stereocenters. The molecule has 2 aliphatic heterocycles. The summed E-state index contributed by atoms with van der Waals surface area (Å²) in [5.74, 6) is 0.510. The monoisotopic (exact) mass is 451 g/mol. The number of benzene rings is 1. The molecule has 0 saturated carbocycles. The highest BCUT2D eigenvalue weighted by molar-refractivity contribution is 7.89. The van der Waals surface area contributed by atoms with Crippen LogP contribution in [0.2, 0.25) is 5.02 Å². The maximum atomic E-state index is 12.6. The standard InChI is InChI=1S/C19H22ClN5O4S/c20-15-2-1-3-16(10-15)30(27,28)22-5-4-18(26)25-12-14-11-21-19(23-17(14)13-25)24-6-8-29-9-7-24/h1-3,10-11,22H,4-9,12-13H2. The van der Waals surface area contributed by atoms with Crippen molar-refractivity contribution in [2.75, 3.05) is 37.7 Å². The second kappa shape index (κ2) is 8.84. The Morgan fingerprint density at radius 1 is 1.23 bits per heavy atom. The van der Waals surface area contributed by atoms with E-state index in [1.165, 1.54) is 12.1 Å². The molecule has 0 aliphatic carbocycles. The molecule has 1 aromatic heterocycles. The first-order chi connectivity index (χ1) is 14.4. The van der Waals surface area contributed by atoms with Crippen LogP contribution in [0.1, 0.15) is 17.7 Å². The molecule has 2 aliphatic rings. The lowest BCUT2D eigenvalue weighted by Gasteiger charge is -2.26. The number of hydrogen-bond acceptors (Lipinski definition) is 7. The number of carbonyl (C=O) groups is 1. The van der Waals surface area contributed by atoms with E-state index < -0.39 is 10.0 Å². The van der Waals surface area contributed by atoms with Crippen molar-refractivity contribution in [1.82, 2.24) is 19.6 Å². The Labute approximate surface area is 180 Å². The van der Waals surface area contributed by atoms with E-state index in [0.29, 0.717) is 37.3 Å². The second-order valence-electron chi connectivity index (χ2n) is 7.10. The number of carbonyl (C=O) groups excluding carboxylic acids is 1. The van der Waals surface area contributed by atoms with Gasteiger partial charge in [-0.2, -0.15) is 0 Å². The molecule has 0 atom stereocenters. The van der Waals surface area contributed by atoms with Gasteiger partial charge in [0.2, 0.25) is 21.9 Å². The van der Waals surface area contributed by atoms with Crippen LogP contribution in [0.5, 0.6) is 0 Å². The number of halogens is 1. The SMILES string of the molecule is O=C(CCNS(=O)(=O)c1cccc(Cl)c1)N1Cc2cnc(N3CCOCC3)nc2C1. The molecular formula is C19H22ClN5O4S. The molecule has 2 aromatic rings. The zero-order valence-corrected chi connectivity index (χ0v) is 17.8. The Morgan fingerprint density at radius 2 is 2.03 bits per heavy atom. The molecule has 1 saturated heterocycles. The van der Waals surface area contributed by atoms with E-state index in [0.717, 1.165) is 24.3 Å². The molecule has 1 aromatic carbocycles. The molecule has 4 rings (SSSR count). The Kier molecular flexibility index (Phi) is 6.19. The van der Waals surface area contributed by atoms with Crippen LogP contribution in [0.15, 0.2) is 35.4 Å². The van der Waals surface area contributed by atoms with Gasteiger partial charge in [0.25, 0.3) is 0 Å². The van der Waals surface area contributed by atoms with Gasteiger partial charge in [-0.25, -0.2) is 23.1 Å². The molecule has 0 radical (unpaired) electrons. The fourth-order valence-electron chi connectivity index (χ4n) is 3.40. The van der Waals surface area contributed by atoms with Crippen molar-refractivity contribution in [2.24, 2.45) is 0 Å². The number of aromatic nitrogens is 2. The van der Waals surface area contributed by atoms with Gasteiger partial charge in [-0.15, -0.1) is 0 Å². The lowest BCUT2D eigenvalue weighted by molar-refractivity contribution is -0.131. The van der Waals surface area contributed by atoms with Gasteiger partial charge in [0, 0.05) is 49.4 Å². The summed E-state index contributed by atoms with van der Waals surface area (Å²) in [7, 11) is -3.72. The predicted molar refractivity (Wildman–Crippen MR) is 111 cm³/mol.